The molecule has 1 fully saturated rings. The molecule has 3 heterocycles. The fourth-order valence-electron chi connectivity index (χ4n) is 3.56. The van der Waals surface area contributed by atoms with E-state index in [-0.39, 0.29) is 5.82 Å². The molecule has 27 heavy (non-hydrogen) atoms. The standard InChI is InChI=1S/C20H20FN5S/c1-12-8-16(21)9-17-18(12)23-11-15(10-22)19(17)25-4-6-26(7-5-25)20-24-13(2)14(3)27-20/h8-9,11H,4-7H2,1-3H3. The van der Waals surface area contributed by atoms with Gasteiger partial charge in [0, 0.05) is 42.6 Å². The molecule has 7 heteroatoms. The van der Waals surface area contributed by atoms with E-state index in [0.717, 1.165) is 53.8 Å². The predicted molar refractivity (Wildman–Crippen MR) is 107 cm³/mol. The van der Waals surface area contributed by atoms with Crippen molar-refractivity contribution in [2.45, 2.75) is 20.8 Å². The fourth-order valence-corrected chi connectivity index (χ4v) is 4.52. The zero-order valence-electron chi connectivity index (χ0n) is 15.6. The van der Waals surface area contributed by atoms with Gasteiger partial charge >= 0.3 is 0 Å². The molecule has 0 spiro atoms. The summed E-state index contributed by atoms with van der Waals surface area (Å²) in [6.45, 7) is 9.10. The first kappa shape index (κ1) is 17.7. The van der Waals surface area contributed by atoms with Gasteiger partial charge in [-0.1, -0.05) is 0 Å². The van der Waals surface area contributed by atoms with Crippen molar-refractivity contribution in [1.29, 1.82) is 5.26 Å². The second kappa shape index (κ2) is 6.78. The third kappa shape index (κ3) is 3.10. The zero-order chi connectivity index (χ0) is 19.1. The van der Waals surface area contributed by atoms with E-state index in [1.54, 1.807) is 17.5 Å². The van der Waals surface area contributed by atoms with Crippen LogP contribution in [0.15, 0.2) is 18.3 Å². The highest BCUT2D eigenvalue weighted by Crippen LogP contribution is 2.33. The van der Waals surface area contributed by atoms with Crippen LogP contribution < -0.4 is 9.80 Å². The number of nitriles is 1. The number of pyridine rings is 1. The molecule has 0 bridgehead atoms. The molecule has 3 aromatic rings. The van der Waals surface area contributed by atoms with E-state index in [1.165, 1.54) is 17.0 Å². The number of hydrogen-bond donors (Lipinski definition) is 0. The van der Waals surface area contributed by atoms with Crippen LogP contribution in [-0.2, 0) is 0 Å². The van der Waals surface area contributed by atoms with Crippen LogP contribution >= 0.6 is 11.3 Å². The molecule has 1 aliphatic rings. The number of aryl methyl sites for hydroxylation is 3. The number of fused-ring (bicyclic) bond motifs is 1. The Morgan fingerprint density at radius 3 is 2.44 bits per heavy atom. The Morgan fingerprint density at radius 2 is 1.81 bits per heavy atom. The highest BCUT2D eigenvalue weighted by molar-refractivity contribution is 7.15. The van der Waals surface area contributed by atoms with Gasteiger partial charge in [-0.3, -0.25) is 4.98 Å². The summed E-state index contributed by atoms with van der Waals surface area (Å²) >= 11 is 1.72. The van der Waals surface area contributed by atoms with Crippen LogP contribution in [0.25, 0.3) is 10.9 Å². The molecule has 0 amide bonds. The number of benzene rings is 1. The molecular formula is C20H20FN5S. The molecule has 0 unspecified atom stereocenters. The van der Waals surface area contributed by atoms with E-state index in [0.29, 0.717) is 10.9 Å². The van der Waals surface area contributed by atoms with Gasteiger partial charge in [0.15, 0.2) is 5.13 Å². The van der Waals surface area contributed by atoms with Crippen LogP contribution in [0.1, 0.15) is 21.7 Å². The van der Waals surface area contributed by atoms with Crippen LogP contribution in [0.5, 0.6) is 0 Å². The van der Waals surface area contributed by atoms with Crippen molar-refractivity contribution in [3.8, 4) is 6.07 Å². The van der Waals surface area contributed by atoms with Crippen molar-refractivity contribution >= 4 is 33.1 Å². The van der Waals surface area contributed by atoms with E-state index in [1.807, 2.05) is 13.8 Å². The van der Waals surface area contributed by atoms with Gasteiger partial charge in [0.1, 0.15) is 11.9 Å². The quantitative estimate of drug-likeness (QED) is 0.673. The lowest BCUT2D eigenvalue weighted by Gasteiger charge is -2.36. The Balaban J connectivity index is 1.68. The summed E-state index contributed by atoms with van der Waals surface area (Å²) in [6, 6.07) is 5.20. The van der Waals surface area contributed by atoms with Crippen LogP contribution in [0, 0.1) is 37.9 Å². The molecule has 2 aromatic heterocycles. The van der Waals surface area contributed by atoms with Crippen LogP contribution in [0.4, 0.5) is 15.2 Å². The summed E-state index contributed by atoms with van der Waals surface area (Å²) in [7, 11) is 0. The average Bonchev–Trinajstić information content (AvgIpc) is 2.99. The summed E-state index contributed by atoms with van der Waals surface area (Å²) in [5.74, 6) is -0.300. The maximum atomic E-state index is 14.1. The molecule has 0 aliphatic carbocycles. The van der Waals surface area contributed by atoms with Gasteiger partial charge in [0.25, 0.3) is 0 Å². The number of thiazole rings is 1. The molecule has 0 radical (unpaired) electrons. The Bertz CT molecular complexity index is 1040. The second-order valence-electron chi connectivity index (χ2n) is 6.86. The number of anilines is 2. The largest absolute Gasteiger partial charge is 0.366 e. The fraction of sp³-hybridized carbons (Fsp3) is 0.350. The van der Waals surface area contributed by atoms with Crippen molar-refractivity contribution in [2.75, 3.05) is 36.0 Å². The molecule has 0 N–H and O–H groups in total. The lowest BCUT2D eigenvalue weighted by molar-refractivity contribution is 0.628. The molecule has 1 saturated heterocycles. The molecule has 1 aromatic carbocycles. The van der Waals surface area contributed by atoms with Gasteiger partial charge in [0.05, 0.1) is 22.5 Å². The van der Waals surface area contributed by atoms with Gasteiger partial charge < -0.3 is 9.80 Å². The van der Waals surface area contributed by atoms with E-state index in [4.69, 9.17) is 0 Å². The van der Waals surface area contributed by atoms with Crippen molar-refractivity contribution in [3.63, 3.8) is 0 Å². The van der Waals surface area contributed by atoms with Gasteiger partial charge in [-0.2, -0.15) is 5.26 Å². The molecule has 4 rings (SSSR count). The number of piperazine rings is 1. The van der Waals surface area contributed by atoms with Crippen molar-refractivity contribution < 1.29 is 4.39 Å². The summed E-state index contributed by atoms with van der Waals surface area (Å²) in [5.41, 5.74) is 3.88. The summed E-state index contributed by atoms with van der Waals surface area (Å²) in [5, 5.41) is 11.3. The smallest absolute Gasteiger partial charge is 0.185 e. The van der Waals surface area contributed by atoms with Crippen LogP contribution in [0.3, 0.4) is 0 Å². The van der Waals surface area contributed by atoms with Crippen molar-refractivity contribution in [2.24, 2.45) is 0 Å². The lowest BCUT2D eigenvalue weighted by atomic mass is 10.0. The molecule has 0 atom stereocenters. The SMILES string of the molecule is Cc1nc(N2CCN(c3c(C#N)cnc4c(C)cc(F)cc34)CC2)sc1C. The molecule has 1 aliphatic heterocycles. The normalized spacial score (nSPS) is 14.6. The third-order valence-electron chi connectivity index (χ3n) is 5.10. The van der Waals surface area contributed by atoms with Crippen molar-refractivity contribution in [3.05, 3.63) is 45.8 Å². The zero-order valence-corrected chi connectivity index (χ0v) is 16.4. The van der Waals surface area contributed by atoms with Gasteiger partial charge in [-0.15, -0.1) is 11.3 Å². The lowest BCUT2D eigenvalue weighted by Crippen LogP contribution is -2.46. The average molecular weight is 381 g/mol. The molecular weight excluding hydrogens is 361 g/mol. The van der Waals surface area contributed by atoms with E-state index >= 15 is 0 Å². The summed E-state index contributed by atoms with van der Waals surface area (Å²) < 4.78 is 14.1. The van der Waals surface area contributed by atoms with Crippen LogP contribution in [0.2, 0.25) is 0 Å². The minimum absolute atomic E-state index is 0.300. The van der Waals surface area contributed by atoms with Crippen LogP contribution in [-0.4, -0.2) is 36.1 Å². The monoisotopic (exact) mass is 381 g/mol. The maximum absolute atomic E-state index is 14.1. The van der Waals surface area contributed by atoms with Crippen molar-refractivity contribution in [1.82, 2.24) is 9.97 Å². The first-order valence-corrected chi connectivity index (χ1v) is 9.72. The topological polar surface area (TPSA) is 56.1 Å². The number of halogens is 1. The predicted octanol–water partition coefficient (Wildman–Crippen LogP) is 3.95. The first-order chi connectivity index (χ1) is 13.0. The molecule has 0 saturated carbocycles. The van der Waals surface area contributed by atoms with E-state index in [9.17, 15) is 9.65 Å². The van der Waals surface area contributed by atoms with Gasteiger partial charge in [0.2, 0.25) is 0 Å². The number of rotatable bonds is 2. The first-order valence-electron chi connectivity index (χ1n) is 8.91. The highest BCUT2D eigenvalue weighted by atomic mass is 32.1. The second-order valence-corrected chi connectivity index (χ2v) is 8.04. The van der Waals surface area contributed by atoms with Gasteiger partial charge in [-0.05, 0) is 38.5 Å². The highest BCUT2D eigenvalue weighted by Gasteiger charge is 2.24. The van der Waals surface area contributed by atoms with E-state index < -0.39 is 0 Å². The Labute approximate surface area is 161 Å². The number of aromatic nitrogens is 2. The van der Waals surface area contributed by atoms with E-state index in [2.05, 4.69) is 32.8 Å². The Hall–Kier alpha value is -2.72. The Kier molecular flexibility index (Phi) is 4.44. The third-order valence-corrected chi connectivity index (χ3v) is 6.24. The number of nitrogens with zero attached hydrogens (tertiary/aromatic N) is 5. The van der Waals surface area contributed by atoms with Gasteiger partial charge in [-0.25, -0.2) is 9.37 Å². The minimum atomic E-state index is -0.300. The summed E-state index contributed by atoms with van der Waals surface area (Å²) in [6.07, 6.45) is 1.60. The molecule has 5 nitrogen and oxygen atoms in total. The minimum Gasteiger partial charge on any atom is -0.366 e. The number of hydrogen-bond acceptors (Lipinski definition) is 6. The Morgan fingerprint density at radius 1 is 1.11 bits per heavy atom. The molecule has 138 valence electrons. The summed E-state index contributed by atoms with van der Waals surface area (Å²) in [4.78, 5) is 14.7. The maximum Gasteiger partial charge on any atom is 0.185 e.